The smallest absolute Gasteiger partial charge is 0.168 e. The number of aliphatic hydroxyl groups excluding tert-OH is 1. The summed E-state index contributed by atoms with van der Waals surface area (Å²) in [5, 5.41) is 10.2. The largest absolute Gasteiger partial charge is 0.511 e. The van der Waals surface area contributed by atoms with E-state index in [9.17, 15) is 9.90 Å². The summed E-state index contributed by atoms with van der Waals surface area (Å²) in [6.45, 7) is 0. The Bertz CT molecular complexity index is 718. The lowest BCUT2D eigenvalue weighted by Gasteiger charge is -2.22. The van der Waals surface area contributed by atoms with Gasteiger partial charge in [-0.05, 0) is 23.6 Å². The number of Topliss-reactive ketones (excluding diaryl/α,β-unsaturated/α-hetero) is 1. The Balaban J connectivity index is 1.81. The van der Waals surface area contributed by atoms with E-state index in [1.165, 1.54) is 6.21 Å². The summed E-state index contributed by atoms with van der Waals surface area (Å²) in [4.78, 5) is 16.6. The van der Waals surface area contributed by atoms with E-state index in [1.807, 2.05) is 60.7 Å². The second-order valence-corrected chi connectivity index (χ2v) is 5.39. The molecule has 3 heteroatoms. The van der Waals surface area contributed by atoms with Crippen molar-refractivity contribution in [2.45, 2.75) is 18.8 Å². The quantitative estimate of drug-likeness (QED) is 0.855. The maximum Gasteiger partial charge on any atom is 0.168 e. The number of para-hydroxylation sites is 1. The summed E-state index contributed by atoms with van der Waals surface area (Å²) in [6, 6.07) is 19.2. The van der Waals surface area contributed by atoms with Gasteiger partial charge in [-0.15, -0.1) is 0 Å². The van der Waals surface area contributed by atoms with Crippen LogP contribution in [0.1, 0.15) is 24.3 Å². The summed E-state index contributed by atoms with van der Waals surface area (Å²) in [5.74, 6) is 0.115. The minimum atomic E-state index is -0.0581. The first kappa shape index (κ1) is 14.3. The van der Waals surface area contributed by atoms with E-state index in [0.29, 0.717) is 18.4 Å². The molecular formula is C19H17NO2. The molecule has 3 rings (SSSR count). The second-order valence-electron chi connectivity index (χ2n) is 5.39. The number of allylic oxidation sites excluding steroid dienone is 2. The zero-order valence-corrected chi connectivity index (χ0v) is 12.1. The molecule has 2 aromatic carbocycles. The Morgan fingerprint density at radius 3 is 2.23 bits per heavy atom. The number of carbonyl (C=O) groups is 1. The van der Waals surface area contributed by atoms with Crippen LogP contribution >= 0.6 is 0 Å². The van der Waals surface area contributed by atoms with Gasteiger partial charge in [0.2, 0.25) is 0 Å². The lowest BCUT2D eigenvalue weighted by molar-refractivity contribution is -0.116. The van der Waals surface area contributed by atoms with E-state index in [-0.39, 0.29) is 17.5 Å². The highest BCUT2D eigenvalue weighted by atomic mass is 16.3. The van der Waals surface area contributed by atoms with Crippen molar-refractivity contribution < 1.29 is 9.90 Å². The third kappa shape index (κ3) is 3.14. The molecule has 2 aromatic rings. The van der Waals surface area contributed by atoms with Crippen molar-refractivity contribution in [3.05, 3.63) is 77.6 Å². The average molecular weight is 291 g/mol. The van der Waals surface area contributed by atoms with Crippen molar-refractivity contribution in [1.82, 2.24) is 0 Å². The molecule has 0 amide bonds. The summed E-state index contributed by atoms with van der Waals surface area (Å²) >= 11 is 0. The third-order valence-corrected chi connectivity index (χ3v) is 3.85. The molecule has 22 heavy (non-hydrogen) atoms. The molecule has 0 heterocycles. The van der Waals surface area contributed by atoms with Crippen molar-refractivity contribution in [2.75, 3.05) is 0 Å². The van der Waals surface area contributed by atoms with Crippen molar-refractivity contribution in [1.29, 1.82) is 0 Å². The van der Waals surface area contributed by atoms with Gasteiger partial charge in [-0.3, -0.25) is 9.79 Å². The summed E-state index contributed by atoms with van der Waals surface area (Å²) in [7, 11) is 0. The van der Waals surface area contributed by atoms with Crippen molar-refractivity contribution in [3.63, 3.8) is 0 Å². The van der Waals surface area contributed by atoms with Gasteiger partial charge in [0.1, 0.15) is 5.76 Å². The number of aliphatic imine (C=N–C) groups is 1. The molecule has 110 valence electrons. The molecule has 1 aliphatic carbocycles. The van der Waals surface area contributed by atoms with Gasteiger partial charge >= 0.3 is 0 Å². The predicted octanol–water partition coefficient (Wildman–Crippen LogP) is 4.35. The zero-order chi connectivity index (χ0) is 15.4. The lowest BCUT2D eigenvalue weighted by atomic mass is 9.83. The molecule has 0 fully saturated rings. The molecule has 1 unspecified atom stereocenters. The molecule has 0 aromatic heterocycles. The van der Waals surface area contributed by atoms with Crippen molar-refractivity contribution in [2.24, 2.45) is 4.99 Å². The molecule has 0 bridgehead atoms. The third-order valence-electron chi connectivity index (χ3n) is 3.85. The van der Waals surface area contributed by atoms with Crippen LogP contribution in [-0.2, 0) is 4.79 Å². The number of carbonyl (C=O) groups excluding carboxylic acids is 1. The van der Waals surface area contributed by atoms with Crippen LogP contribution in [0.5, 0.6) is 0 Å². The molecule has 1 atom stereocenters. The Morgan fingerprint density at radius 2 is 1.59 bits per heavy atom. The number of ketones is 1. The maximum absolute atomic E-state index is 12.3. The van der Waals surface area contributed by atoms with Gasteiger partial charge in [-0.1, -0.05) is 48.5 Å². The molecule has 0 radical (unpaired) electrons. The van der Waals surface area contributed by atoms with Crippen molar-refractivity contribution in [3.8, 4) is 0 Å². The second kappa shape index (κ2) is 6.39. The molecule has 0 spiro atoms. The zero-order valence-electron chi connectivity index (χ0n) is 12.1. The normalized spacial score (nSPS) is 18.9. The van der Waals surface area contributed by atoms with Gasteiger partial charge in [0.05, 0.1) is 11.3 Å². The highest BCUT2D eigenvalue weighted by Crippen LogP contribution is 2.33. The Morgan fingerprint density at radius 1 is 0.955 bits per heavy atom. The standard InChI is InChI=1S/C19H17NO2/c21-18-11-15(14-7-3-1-4-8-14)12-19(22)17(18)13-20-16-9-5-2-6-10-16/h1-10,13,15,21H,11-12H2/b20-13+. The molecule has 0 saturated heterocycles. The Labute approximate surface area is 129 Å². The first-order valence-corrected chi connectivity index (χ1v) is 7.33. The minimum Gasteiger partial charge on any atom is -0.511 e. The van der Waals surface area contributed by atoms with Crippen LogP contribution in [0.2, 0.25) is 0 Å². The number of nitrogens with zero attached hydrogens (tertiary/aromatic N) is 1. The fourth-order valence-corrected chi connectivity index (χ4v) is 2.67. The maximum atomic E-state index is 12.3. The SMILES string of the molecule is O=C1CC(c2ccccc2)CC(O)=C1/C=N/c1ccccc1. The van der Waals surface area contributed by atoms with Gasteiger partial charge in [-0.2, -0.15) is 0 Å². The molecule has 1 N–H and O–H groups in total. The van der Waals surface area contributed by atoms with Crippen LogP contribution in [0.15, 0.2) is 77.0 Å². The van der Waals surface area contributed by atoms with E-state index in [4.69, 9.17) is 0 Å². The molecule has 0 aliphatic heterocycles. The Kier molecular flexibility index (Phi) is 4.15. The first-order valence-electron chi connectivity index (χ1n) is 7.33. The fraction of sp³-hybridized carbons (Fsp3) is 0.158. The molecule has 1 aliphatic rings. The number of hydrogen-bond donors (Lipinski definition) is 1. The summed E-state index contributed by atoms with van der Waals surface area (Å²) in [6.07, 6.45) is 2.37. The van der Waals surface area contributed by atoms with Gasteiger partial charge in [0.25, 0.3) is 0 Å². The van der Waals surface area contributed by atoms with Gasteiger partial charge in [-0.25, -0.2) is 0 Å². The van der Waals surface area contributed by atoms with Crippen LogP contribution < -0.4 is 0 Å². The topological polar surface area (TPSA) is 49.7 Å². The van der Waals surface area contributed by atoms with Crippen molar-refractivity contribution >= 4 is 17.7 Å². The molecule has 0 saturated carbocycles. The van der Waals surface area contributed by atoms with Crippen LogP contribution in [-0.4, -0.2) is 17.1 Å². The van der Waals surface area contributed by atoms with E-state index in [1.54, 1.807) is 0 Å². The van der Waals surface area contributed by atoms with Gasteiger partial charge < -0.3 is 5.11 Å². The number of hydrogen-bond acceptors (Lipinski definition) is 3. The monoisotopic (exact) mass is 291 g/mol. The lowest BCUT2D eigenvalue weighted by Crippen LogP contribution is -2.19. The van der Waals surface area contributed by atoms with Crippen LogP contribution in [0.25, 0.3) is 0 Å². The van der Waals surface area contributed by atoms with Crippen LogP contribution in [0.4, 0.5) is 5.69 Å². The summed E-state index contributed by atoms with van der Waals surface area (Å²) in [5.41, 5.74) is 2.18. The highest BCUT2D eigenvalue weighted by molar-refractivity contribution is 6.15. The van der Waals surface area contributed by atoms with E-state index >= 15 is 0 Å². The van der Waals surface area contributed by atoms with Crippen LogP contribution in [0.3, 0.4) is 0 Å². The predicted molar refractivity (Wildman–Crippen MR) is 87.7 cm³/mol. The highest BCUT2D eigenvalue weighted by Gasteiger charge is 2.27. The average Bonchev–Trinajstić information content (AvgIpc) is 2.56. The minimum absolute atomic E-state index is 0.0441. The number of aliphatic hydroxyl groups is 1. The van der Waals surface area contributed by atoms with Crippen LogP contribution in [0, 0.1) is 0 Å². The Hall–Kier alpha value is -2.68. The van der Waals surface area contributed by atoms with Gasteiger partial charge in [0.15, 0.2) is 5.78 Å². The summed E-state index contributed by atoms with van der Waals surface area (Å²) < 4.78 is 0. The molecular weight excluding hydrogens is 274 g/mol. The van der Waals surface area contributed by atoms with Gasteiger partial charge in [0, 0.05) is 19.1 Å². The first-order chi connectivity index (χ1) is 10.7. The van der Waals surface area contributed by atoms with E-state index < -0.39 is 0 Å². The van der Waals surface area contributed by atoms with E-state index in [0.717, 1.165) is 11.3 Å². The van der Waals surface area contributed by atoms with E-state index in [2.05, 4.69) is 4.99 Å². The molecule has 3 nitrogen and oxygen atoms in total. The fourth-order valence-electron chi connectivity index (χ4n) is 2.67. The number of rotatable bonds is 3. The number of benzene rings is 2.